The lowest BCUT2D eigenvalue weighted by Crippen LogP contribution is -2.20. The molecule has 1 aliphatic carbocycles. The average molecular weight is 406 g/mol. The Hall–Kier alpha value is -3.28. The van der Waals surface area contributed by atoms with Gasteiger partial charge in [0.2, 0.25) is 6.79 Å². The Balaban J connectivity index is 1.52. The SMILES string of the molecule is Cc1c2c(n(Cc3ccccc3F)c1C(=O)Nc1ccc3c(c1)OCO3)CCCC2. The van der Waals surface area contributed by atoms with Gasteiger partial charge in [0.05, 0.1) is 6.54 Å². The molecule has 0 unspecified atom stereocenters. The lowest BCUT2D eigenvalue weighted by molar-refractivity contribution is 0.101. The summed E-state index contributed by atoms with van der Waals surface area (Å²) in [4.78, 5) is 13.4. The molecule has 0 saturated heterocycles. The molecule has 0 radical (unpaired) electrons. The smallest absolute Gasteiger partial charge is 0.272 e. The standard InChI is InChI=1S/C24H23FN2O3/c1-15-18-7-3-5-9-20(18)27(13-16-6-2-4-8-19(16)25)23(15)24(28)26-17-10-11-21-22(12-17)30-14-29-21/h2,4,6,8,10-12H,3,5,7,9,13-14H2,1H3,(H,26,28). The monoisotopic (exact) mass is 406 g/mol. The number of halogens is 1. The second-order valence-corrected chi connectivity index (χ2v) is 7.81. The molecule has 0 bridgehead atoms. The van der Waals surface area contributed by atoms with Crippen molar-refractivity contribution >= 4 is 11.6 Å². The maximum absolute atomic E-state index is 14.4. The minimum atomic E-state index is -0.254. The van der Waals surface area contributed by atoms with Crippen LogP contribution >= 0.6 is 0 Å². The number of aromatic nitrogens is 1. The molecule has 0 atom stereocenters. The molecule has 30 heavy (non-hydrogen) atoms. The van der Waals surface area contributed by atoms with E-state index in [2.05, 4.69) is 5.32 Å². The van der Waals surface area contributed by atoms with Crippen LogP contribution in [0.3, 0.4) is 0 Å². The number of hydrogen-bond acceptors (Lipinski definition) is 3. The van der Waals surface area contributed by atoms with Gasteiger partial charge in [0.25, 0.3) is 5.91 Å². The lowest BCUT2D eigenvalue weighted by atomic mass is 9.95. The molecule has 0 spiro atoms. The first-order chi connectivity index (χ1) is 14.6. The van der Waals surface area contributed by atoms with Gasteiger partial charge in [0, 0.05) is 23.0 Å². The Morgan fingerprint density at radius 1 is 1.10 bits per heavy atom. The van der Waals surface area contributed by atoms with E-state index in [4.69, 9.17) is 9.47 Å². The third kappa shape index (κ3) is 3.22. The van der Waals surface area contributed by atoms with Crippen molar-refractivity contribution in [3.05, 3.63) is 76.4 Å². The quantitative estimate of drug-likeness (QED) is 0.674. The van der Waals surface area contributed by atoms with Gasteiger partial charge in [-0.1, -0.05) is 18.2 Å². The highest BCUT2D eigenvalue weighted by Gasteiger charge is 2.27. The highest BCUT2D eigenvalue weighted by molar-refractivity contribution is 6.05. The molecule has 1 aliphatic heterocycles. The molecule has 2 aromatic carbocycles. The zero-order chi connectivity index (χ0) is 20.7. The number of amides is 1. The van der Waals surface area contributed by atoms with E-state index in [0.717, 1.165) is 36.9 Å². The van der Waals surface area contributed by atoms with Crippen LogP contribution in [0.4, 0.5) is 10.1 Å². The van der Waals surface area contributed by atoms with Gasteiger partial charge in [-0.15, -0.1) is 0 Å². The van der Waals surface area contributed by atoms with Crippen molar-refractivity contribution in [2.45, 2.75) is 39.2 Å². The van der Waals surface area contributed by atoms with Crippen LogP contribution in [-0.4, -0.2) is 17.3 Å². The van der Waals surface area contributed by atoms with Crippen molar-refractivity contribution in [1.29, 1.82) is 0 Å². The Labute approximate surface area is 174 Å². The second kappa shape index (κ2) is 7.52. The molecule has 2 aliphatic rings. The van der Waals surface area contributed by atoms with Crippen LogP contribution in [0.25, 0.3) is 0 Å². The molecule has 0 fully saturated rings. The number of carbonyl (C=O) groups excluding carboxylic acids is 1. The maximum atomic E-state index is 14.4. The number of benzene rings is 2. The summed E-state index contributed by atoms with van der Waals surface area (Å²) < 4.78 is 27.1. The van der Waals surface area contributed by atoms with E-state index in [0.29, 0.717) is 35.0 Å². The predicted octanol–water partition coefficient (Wildman–Crippen LogP) is 4.84. The van der Waals surface area contributed by atoms with Gasteiger partial charge in [0.1, 0.15) is 11.5 Å². The fraction of sp³-hybridized carbons (Fsp3) is 0.292. The van der Waals surface area contributed by atoms with Gasteiger partial charge in [-0.25, -0.2) is 4.39 Å². The van der Waals surface area contributed by atoms with Gasteiger partial charge in [-0.2, -0.15) is 0 Å². The molecule has 2 heterocycles. The first kappa shape index (κ1) is 18.7. The van der Waals surface area contributed by atoms with Crippen molar-refractivity contribution in [3.63, 3.8) is 0 Å². The normalized spacial score (nSPS) is 14.5. The van der Waals surface area contributed by atoms with E-state index >= 15 is 0 Å². The Kier molecular flexibility index (Phi) is 4.69. The highest BCUT2D eigenvalue weighted by Crippen LogP contribution is 2.35. The third-order valence-electron chi connectivity index (χ3n) is 5.97. The average Bonchev–Trinajstić information content (AvgIpc) is 3.32. The number of nitrogens with one attached hydrogen (secondary N) is 1. The predicted molar refractivity (Wildman–Crippen MR) is 112 cm³/mol. The van der Waals surface area contributed by atoms with Crippen molar-refractivity contribution in [2.75, 3.05) is 12.1 Å². The van der Waals surface area contributed by atoms with Crippen molar-refractivity contribution < 1.29 is 18.7 Å². The fourth-order valence-corrected chi connectivity index (χ4v) is 4.50. The zero-order valence-electron chi connectivity index (χ0n) is 16.8. The summed E-state index contributed by atoms with van der Waals surface area (Å²) in [7, 11) is 0. The zero-order valence-corrected chi connectivity index (χ0v) is 16.8. The van der Waals surface area contributed by atoms with Crippen LogP contribution in [0.5, 0.6) is 11.5 Å². The topological polar surface area (TPSA) is 52.5 Å². The Morgan fingerprint density at radius 2 is 1.90 bits per heavy atom. The summed E-state index contributed by atoms with van der Waals surface area (Å²) in [6, 6.07) is 12.1. The summed E-state index contributed by atoms with van der Waals surface area (Å²) >= 11 is 0. The summed E-state index contributed by atoms with van der Waals surface area (Å²) in [5.41, 5.74) is 5.19. The van der Waals surface area contributed by atoms with E-state index in [1.165, 1.54) is 11.6 Å². The summed E-state index contributed by atoms with van der Waals surface area (Å²) in [5.74, 6) is 0.834. The molecule has 0 saturated carbocycles. The number of carbonyl (C=O) groups is 1. The van der Waals surface area contributed by atoms with Crippen LogP contribution in [0, 0.1) is 12.7 Å². The molecule has 1 amide bonds. The van der Waals surface area contributed by atoms with Gasteiger partial charge in [-0.05, 0) is 61.9 Å². The molecule has 154 valence electrons. The molecule has 5 rings (SSSR count). The van der Waals surface area contributed by atoms with Gasteiger partial charge in [0.15, 0.2) is 11.5 Å². The summed E-state index contributed by atoms with van der Waals surface area (Å²) in [5, 5.41) is 2.99. The van der Waals surface area contributed by atoms with E-state index < -0.39 is 0 Å². The molecular formula is C24H23FN2O3. The minimum Gasteiger partial charge on any atom is -0.454 e. The number of hydrogen-bond donors (Lipinski definition) is 1. The number of anilines is 1. The van der Waals surface area contributed by atoms with E-state index in [1.54, 1.807) is 30.3 Å². The third-order valence-corrected chi connectivity index (χ3v) is 5.97. The minimum absolute atomic E-state index is 0.185. The largest absolute Gasteiger partial charge is 0.454 e. The number of ether oxygens (including phenoxy) is 2. The van der Waals surface area contributed by atoms with Crippen LogP contribution in [0.2, 0.25) is 0 Å². The molecular weight excluding hydrogens is 383 g/mol. The second-order valence-electron chi connectivity index (χ2n) is 7.81. The molecule has 1 aromatic heterocycles. The first-order valence-electron chi connectivity index (χ1n) is 10.3. The van der Waals surface area contributed by atoms with Crippen molar-refractivity contribution in [3.8, 4) is 11.5 Å². The highest BCUT2D eigenvalue weighted by atomic mass is 19.1. The Bertz CT molecular complexity index is 1140. The molecule has 3 aromatic rings. The fourth-order valence-electron chi connectivity index (χ4n) is 4.50. The Morgan fingerprint density at radius 3 is 2.77 bits per heavy atom. The van der Waals surface area contributed by atoms with E-state index in [1.807, 2.05) is 17.6 Å². The van der Waals surface area contributed by atoms with E-state index in [-0.39, 0.29) is 18.5 Å². The summed E-state index contributed by atoms with van der Waals surface area (Å²) in [6.45, 7) is 2.52. The van der Waals surface area contributed by atoms with E-state index in [9.17, 15) is 9.18 Å². The van der Waals surface area contributed by atoms with Gasteiger partial charge in [-0.3, -0.25) is 4.79 Å². The van der Waals surface area contributed by atoms with Gasteiger partial charge < -0.3 is 19.4 Å². The van der Waals surface area contributed by atoms with Crippen LogP contribution < -0.4 is 14.8 Å². The lowest BCUT2D eigenvalue weighted by Gasteiger charge is -2.17. The maximum Gasteiger partial charge on any atom is 0.272 e. The first-order valence-corrected chi connectivity index (χ1v) is 10.3. The molecule has 1 N–H and O–H groups in total. The number of rotatable bonds is 4. The van der Waals surface area contributed by atoms with Crippen LogP contribution in [-0.2, 0) is 19.4 Å². The number of nitrogens with zero attached hydrogens (tertiary/aromatic N) is 1. The number of fused-ring (bicyclic) bond motifs is 2. The van der Waals surface area contributed by atoms with Crippen molar-refractivity contribution in [1.82, 2.24) is 4.57 Å². The molecule has 6 heteroatoms. The van der Waals surface area contributed by atoms with Crippen LogP contribution in [0.1, 0.15) is 45.7 Å². The molecule has 5 nitrogen and oxygen atoms in total. The summed E-state index contributed by atoms with van der Waals surface area (Å²) in [6.07, 6.45) is 4.05. The van der Waals surface area contributed by atoms with Crippen LogP contribution in [0.15, 0.2) is 42.5 Å². The van der Waals surface area contributed by atoms with Crippen molar-refractivity contribution in [2.24, 2.45) is 0 Å². The van der Waals surface area contributed by atoms with Gasteiger partial charge >= 0.3 is 0 Å².